The zero-order chi connectivity index (χ0) is 18.6. The second-order valence-electron chi connectivity index (χ2n) is 4.77. The van der Waals surface area contributed by atoms with Gasteiger partial charge in [0, 0.05) is 10.6 Å². The molecular formula is C16H13F3O4S2. The Hall–Kier alpha value is -2.00. The largest absolute Gasteiger partial charge is 0.465 e. The molecule has 0 aliphatic rings. The highest BCUT2D eigenvalue weighted by atomic mass is 32.2. The van der Waals surface area contributed by atoms with Crippen molar-refractivity contribution in [2.45, 2.75) is 16.8 Å². The van der Waals surface area contributed by atoms with E-state index < -0.39 is 23.7 Å². The normalized spacial score (nSPS) is 11.2. The summed E-state index contributed by atoms with van der Waals surface area (Å²) in [6.45, 7) is 0. The Morgan fingerprint density at radius 1 is 1.08 bits per heavy atom. The van der Waals surface area contributed by atoms with E-state index in [1.807, 2.05) is 0 Å². The lowest BCUT2D eigenvalue weighted by molar-refractivity contribution is -0.137. The maximum atomic E-state index is 12.6. The number of thioether (sulfide) groups is 1. The zero-order valence-electron chi connectivity index (χ0n) is 13.2. The lowest BCUT2D eigenvalue weighted by atomic mass is 10.1. The Morgan fingerprint density at radius 3 is 2.20 bits per heavy atom. The SMILES string of the molecule is COC(=O)c1cc(SCc2ccc(C(F)(F)F)cc2)c(C(=O)OC)s1. The van der Waals surface area contributed by atoms with Crippen molar-refractivity contribution in [3.63, 3.8) is 0 Å². The van der Waals surface area contributed by atoms with Crippen molar-refractivity contribution >= 4 is 35.0 Å². The summed E-state index contributed by atoms with van der Waals surface area (Å²) in [4.78, 5) is 24.4. The van der Waals surface area contributed by atoms with E-state index in [4.69, 9.17) is 0 Å². The standard InChI is InChI=1S/C16H13F3O4S2/c1-22-14(20)12-7-11(13(25-12)15(21)23-2)24-8-9-3-5-10(6-4-9)16(17,18)19/h3-7H,8H2,1-2H3. The minimum atomic E-state index is -4.38. The van der Waals surface area contributed by atoms with Crippen LogP contribution in [-0.4, -0.2) is 26.2 Å². The molecule has 0 N–H and O–H groups in total. The predicted octanol–water partition coefficient (Wildman–Crippen LogP) is 4.63. The molecule has 0 aliphatic carbocycles. The van der Waals surface area contributed by atoms with Gasteiger partial charge in [-0.05, 0) is 23.8 Å². The number of hydrogen-bond acceptors (Lipinski definition) is 6. The zero-order valence-corrected chi connectivity index (χ0v) is 14.8. The van der Waals surface area contributed by atoms with Gasteiger partial charge in [0.2, 0.25) is 0 Å². The Morgan fingerprint density at radius 2 is 1.68 bits per heavy atom. The van der Waals surface area contributed by atoms with Crippen molar-refractivity contribution in [2.24, 2.45) is 0 Å². The summed E-state index contributed by atoms with van der Waals surface area (Å²) in [5, 5.41) is 0. The van der Waals surface area contributed by atoms with Gasteiger partial charge in [0.1, 0.15) is 9.75 Å². The Bertz CT molecular complexity index is 767. The number of rotatable bonds is 5. The summed E-state index contributed by atoms with van der Waals surface area (Å²) in [7, 11) is 2.46. The highest BCUT2D eigenvalue weighted by molar-refractivity contribution is 7.98. The average Bonchev–Trinajstić information content (AvgIpc) is 3.02. The summed E-state index contributed by atoms with van der Waals surface area (Å²) < 4.78 is 47.0. The van der Waals surface area contributed by atoms with E-state index in [1.54, 1.807) is 0 Å². The Labute approximate surface area is 149 Å². The number of methoxy groups -OCH3 is 2. The van der Waals surface area contributed by atoms with Crippen LogP contribution in [-0.2, 0) is 21.4 Å². The molecule has 0 aliphatic heterocycles. The number of halogens is 3. The van der Waals surface area contributed by atoms with Crippen molar-refractivity contribution in [2.75, 3.05) is 14.2 Å². The van der Waals surface area contributed by atoms with Crippen LogP contribution in [0.2, 0.25) is 0 Å². The van der Waals surface area contributed by atoms with Gasteiger partial charge in [0.15, 0.2) is 0 Å². The molecule has 1 aromatic carbocycles. The van der Waals surface area contributed by atoms with E-state index in [2.05, 4.69) is 9.47 Å². The molecule has 2 rings (SSSR count). The Kier molecular flexibility index (Phi) is 6.12. The van der Waals surface area contributed by atoms with Gasteiger partial charge in [-0.3, -0.25) is 0 Å². The first-order chi connectivity index (χ1) is 11.8. The molecule has 0 fully saturated rings. The van der Waals surface area contributed by atoms with E-state index in [9.17, 15) is 22.8 Å². The first kappa shape index (κ1) is 19.3. The molecular weight excluding hydrogens is 377 g/mol. The number of ether oxygens (including phenoxy) is 2. The number of alkyl halides is 3. The maximum Gasteiger partial charge on any atom is 0.416 e. The van der Waals surface area contributed by atoms with Crippen molar-refractivity contribution in [3.05, 3.63) is 51.2 Å². The molecule has 0 saturated heterocycles. The maximum absolute atomic E-state index is 12.6. The third-order valence-corrected chi connectivity index (χ3v) is 5.47. The van der Waals surface area contributed by atoms with Crippen LogP contribution in [0.4, 0.5) is 13.2 Å². The molecule has 0 bridgehead atoms. The Balaban J connectivity index is 2.17. The second-order valence-corrected chi connectivity index (χ2v) is 6.84. The summed E-state index contributed by atoms with van der Waals surface area (Å²) in [6, 6.07) is 6.27. The number of carbonyl (C=O) groups is 2. The molecule has 9 heteroatoms. The number of thiophene rings is 1. The van der Waals surface area contributed by atoms with Gasteiger partial charge in [-0.1, -0.05) is 12.1 Å². The molecule has 134 valence electrons. The third-order valence-electron chi connectivity index (χ3n) is 3.13. The molecule has 1 heterocycles. The molecule has 0 saturated carbocycles. The van der Waals surface area contributed by atoms with E-state index in [1.165, 1.54) is 44.2 Å². The van der Waals surface area contributed by atoms with E-state index in [0.717, 1.165) is 23.5 Å². The van der Waals surface area contributed by atoms with Gasteiger partial charge in [-0.15, -0.1) is 23.1 Å². The first-order valence-electron chi connectivity index (χ1n) is 6.85. The van der Waals surface area contributed by atoms with Crippen LogP contribution in [0, 0.1) is 0 Å². The van der Waals surface area contributed by atoms with E-state index in [-0.39, 0.29) is 9.75 Å². The topological polar surface area (TPSA) is 52.6 Å². The molecule has 1 aromatic heterocycles. The van der Waals surface area contributed by atoms with Crippen LogP contribution in [0.1, 0.15) is 30.5 Å². The molecule has 0 unspecified atom stereocenters. The molecule has 4 nitrogen and oxygen atoms in total. The number of benzene rings is 1. The molecule has 2 aromatic rings. The molecule has 0 atom stereocenters. The molecule has 0 radical (unpaired) electrons. The van der Waals surface area contributed by atoms with Crippen LogP contribution in [0.15, 0.2) is 35.2 Å². The van der Waals surface area contributed by atoms with Crippen LogP contribution < -0.4 is 0 Å². The fourth-order valence-electron chi connectivity index (χ4n) is 1.87. The molecule has 0 amide bonds. The highest BCUT2D eigenvalue weighted by Crippen LogP contribution is 2.35. The summed E-state index contributed by atoms with van der Waals surface area (Å²) in [5.74, 6) is -0.828. The van der Waals surface area contributed by atoms with Crippen LogP contribution in [0.25, 0.3) is 0 Å². The van der Waals surface area contributed by atoms with Gasteiger partial charge < -0.3 is 9.47 Å². The van der Waals surface area contributed by atoms with Gasteiger partial charge in [-0.2, -0.15) is 13.2 Å². The van der Waals surface area contributed by atoms with Crippen molar-refractivity contribution in [1.29, 1.82) is 0 Å². The summed E-state index contributed by atoms with van der Waals surface area (Å²) in [5.41, 5.74) is -0.0698. The van der Waals surface area contributed by atoms with Crippen molar-refractivity contribution in [3.8, 4) is 0 Å². The summed E-state index contributed by atoms with van der Waals surface area (Å²) in [6.07, 6.45) is -4.38. The van der Waals surface area contributed by atoms with Gasteiger partial charge in [0.25, 0.3) is 0 Å². The molecule has 25 heavy (non-hydrogen) atoms. The number of hydrogen-bond donors (Lipinski definition) is 0. The number of esters is 2. The van der Waals surface area contributed by atoms with Crippen molar-refractivity contribution in [1.82, 2.24) is 0 Å². The first-order valence-corrected chi connectivity index (χ1v) is 8.66. The molecule has 0 spiro atoms. The lowest BCUT2D eigenvalue weighted by Gasteiger charge is -2.07. The van der Waals surface area contributed by atoms with Gasteiger partial charge >= 0.3 is 18.1 Å². The van der Waals surface area contributed by atoms with Gasteiger partial charge in [0.05, 0.1) is 19.8 Å². The number of carbonyl (C=O) groups excluding carboxylic acids is 2. The van der Waals surface area contributed by atoms with Gasteiger partial charge in [-0.25, -0.2) is 9.59 Å². The van der Waals surface area contributed by atoms with Crippen LogP contribution in [0.5, 0.6) is 0 Å². The second kappa shape index (κ2) is 7.92. The fraction of sp³-hybridized carbons (Fsp3) is 0.250. The van der Waals surface area contributed by atoms with Crippen molar-refractivity contribution < 1.29 is 32.2 Å². The summed E-state index contributed by atoms with van der Waals surface area (Å²) >= 11 is 2.17. The minimum absolute atomic E-state index is 0.248. The quantitative estimate of drug-likeness (QED) is 0.550. The highest BCUT2D eigenvalue weighted by Gasteiger charge is 2.30. The minimum Gasteiger partial charge on any atom is -0.465 e. The van der Waals surface area contributed by atoms with Crippen LogP contribution in [0.3, 0.4) is 0 Å². The third kappa shape index (κ3) is 4.76. The lowest BCUT2D eigenvalue weighted by Crippen LogP contribution is -2.04. The fourth-order valence-corrected chi connectivity index (χ4v) is 4.06. The van der Waals surface area contributed by atoms with Crippen LogP contribution >= 0.6 is 23.1 Å². The smallest absolute Gasteiger partial charge is 0.416 e. The average molecular weight is 390 g/mol. The van der Waals surface area contributed by atoms with E-state index >= 15 is 0 Å². The monoisotopic (exact) mass is 390 g/mol. The predicted molar refractivity (Wildman–Crippen MR) is 88.0 cm³/mol. The van der Waals surface area contributed by atoms with E-state index in [0.29, 0.717) is 16.2 Å².